The van der Waals surface area contributed by atoms with Gasteiger partial charge in [-0.1, -0.05) is 48.0 Å². The van der Waals surface area contributed by atoms with Crippen molar-refractivity contribution in [3.05, 3.63) is 99.6 Å². The number of halogens is 1. The second kappa shape index (κ2) is 9.74. The second-order valence-corrected chi connectivity index (χ2v) is 10.4. The first-order chi connectivity index (χ1) is 18.8. The van der Waals surface area contributed by atoms with Crippen LogP contribution in [0, 0.1) is 0 Å². The Labute approximate surface area is 229 Å². The van der Waals surface area contributed by atoms with Gasteiger partial charge in [0, 0.05) is 47.6 Å². The Morgan fingerprint density at radius 1 is 1.08 bits per heavy atom. The normalized spacial score (nSPS) is 20.0. The van der Waals surface area contributed by atoms with Crippen LogP contribution in [0.1, 0.15) is 43.8 Å². The first kappa shape index (κ1) is 24.9. The molecule has 2 atom stereocenters. The zero-order valence-electron chi connectivity index (χ0n) is 20.8. The lowest BCUT2D eigenvalue weighted by Crippen LogP contribution is -2.50. The molecule has 3 aromatic carbocycles. The number of benzene rings is 3. The minimum absolute atomic E-state index is 0.132. The highest BCUT2D eigenvalue weighted by molar-refractivity contribution is 6.30. The topological polar surface area (TPSA) is 117 Å². The summed E-state index contributed by atoms with van der Waals surface area (Å²) >= 11 is 6.25. The standard InChI is InChI=1S/C29H25ClN4O5/c30-20-8-9-23-22(14-20)29(39-28(38)33-23)10-11-34(16-29)27(37)24(12-17-4-2-1-3-5-17)32-25(35)18-6-7-19-15-31-26(36)21(19)13-18/h1-9,13-14,24H,10-12,15-16H2,(H,31,36)(H,32,35)(H,33,38). The van der Waals surface area contributed by atoms with Crippen molar-refractivity contribution in [3.8, 4) is 0 Å². The van der Waals surface area contributed by atoms with E-state index < -0.39 is 23.6 Å². The molecule has 1 spiro atoms. The number of anilines is 1. The molecule has 0 aromatic heterocycles. The number of rotatable bonds is 5. The minimum Gasteiger partial charge on any atom is -0.436 e. The van der Waals surface area contributed by atoms with E-state index in [-0.39, 0.29) is 24.8 Å². The van der Waals surface area contributed by atoms with E-state index in [4.69, 9.17) is 16.3 Å². The molecule has 6 rings (SSSR count). The fourth-order valence-corrected chi connectivity index (χ4v) is 5.68. The van der Waals surface area contributed by atoms with Crippen molar-refractivity contribution >= 4 is 41.1 Å². The summed E-state index contributed by atoms with van der Waals surface area (Å²) in [6, 6.07) is 18.6. The van der Waals surface area contributed by atoms with Crippen molar-refractivity contribution in [2.45, 2.75) is 31.0 Å². The molecule has 1 saturated heterocycles. The van der Waals surface area contributed by atoms with E-state index in [9.17, 15) is 19.2 Å². The maximum Gasteiger partial charge on any atom is 0.412 e. The molecule has 198 valence electrons. The van der Waals surface area contributed by atoms with Gasteiger partial charge in [0.1, 0.15) is 6.04 Å². The van der Waals surface area contributed by atoms with E-state index in [2.05, 4.69) is 16.0 Å². The molecule has 4 amide bonds. The number of fused-ring (bicyclic) bond motifs is 3. The SMILES string of the molecule is O=C1Nc2ccc(Cl)cc2C2(CCN(C(=O)C(Cc3ccccc3)NC(=O)c3ccc4c(c3)C(=O)NC4)C2)O1. The average Bonchev–Trinajstić information content (AvgIpc) is 3.52. The van der Waals surface area contributed by atoms with Gasteiger partial charge in [0.05, 0.1) is 12.2 Å². The van der Waals surface area contributed by atoms with Gasteiger partial charge in [0.25, 0.3) is 11.8 Å². The van der Waals surface area contributed by atoms with Gasteiger partial charge < -0.3 is 20.3 Å². The van der Waals surface area contributed by atoms with Gasteiger partial charge in [-0.05, 0) is 41.5 Å². The van der Waals surface area contributed by atoms with Crippen LogP contribution in [0.25, 0.3) is 0 Å². The zero-order chi connectivity index (χ0) is 27.1. The van der Waals surface area contributed by atoms with Gasteiger partial charge in [0.15, 0.2) is 5.60 Å². The molecule has 3 aromatic rings. The molecule has 0 aliphatic carbocycles. The van der Waals surface area contributed by atoms with E-state index in [1.807, 2.05) is 30.3 Å². The lowest BCUT2D eigenvalue weighted by molar-refractivity contribution is -0.133. The summed E-state index contributed by atoms with van der Waals surface area (Å²) in [7, 11) is 0. The van der Waals surface area contributed by atoms with Gasteiger partial charge in [0.2, 0.25) is 5.91 Å². The first-order valence-corrected chi connectivity index (χ1v) is 13.0. The van der Waals surface area contributed by atoms with Crippen molar-refractivity contribution < 1.29 is 23.9 Å². The molecule has 2 unspecified atom stereocenters. The Balaban J connectivity index is 1.26. The summed E-state index contributed by atoms with van der Waals surface area (Å²) in [5.41, 5.74) is 2.74. The molecule has 0 bridgehead atoms. The monoisotopic (exact) mass is 544 g/mol. The summed E-state index contributed by atoms with van der Waals surface area (Å²) in [6.07, 6.45) is 0.0733. The molecular weight excluding hydrogens is 520 g/mol. The highest BCUT2D eigenvalue weighted by Crippen LogP contribution is 2.43. The number of nitrogens with one attached hydrogen (secondary N) is 3. The third-order valence-corrected chi connectivity index (χ3v) is 7.72. The Morgan fingerprint density at radius 2 is 1.90 bits per heavy atom. The van der Waals surface area contributed by atoms with Crippen LogP contribution in [-0.4, -0.2) is 47.8 Å². The van der Waals surface area contributed by atoms with Crippen molar-refractivity contribution in [2.75, 3.05) is 18.4 Å². The van der Waals surface area contributed by atoms with E-state index in [0.29, 0.717) is 46.9 Å². The van der Waals surface area contributed by atoms with Gasteiger partial charge in [-0.3, -0.25) is 19.7 Å². The molecule has 3 heterocycles. The predicted molar refractivity (Wildman–Crippen MR) is 143 cm³/mol. The fraction of sp³-hybridized carbons (Fsp3) is 0.241. The summed E-state index contributed by atoms with van der Waals surface area (Å²) in [5, 5.41) is 8.82. The quantitative estimate of drug-likeness (QED) is 0.454. The van der Waals surface area contributed by atoms with Crippen molar-refractivity contribution in [1.82, 2.24) is 15.5 Å². The summed E-state index contributed by atoms with van der Waals surface area (Å²) in [5.74, 6) is -0.969. The van der Waals surface area contributed by atoms with Crippen LogP contribution in [0.15, 0.2) is 66.7 Å². The summed E-state index contributed by atoms with van der Waals surface area (Å²) < 4.78 is 5.77. The Morgan fingerprint density at radius 3 is 2.72 bits per heavy atom. The average molecular weight is 545 g/mol. The third-order valence-electron chi connectivity index (χ3n) is 7.48. The van der Waals surface area contributed by atoms with Crippen molar-refractivity contribution in [2.24, 2.45) is 0 Å². The van der Waals surface area contributed by atoms with Crippen molar-refractivity contribution in [1.29, 1.82) is 0 Å². The molecule has 39 heavy (non-hydrogen) atoms. The van der Waals surface area contributed by atoms with E-state index in [1.165, 1.54) is 0 Å². The largest absolute Gasteiger partial charge is 0.436 e. The van der Waals surface area contributed by atoms with Crippen molar-refractivity contribution in [3.63, 3.8) is 0 Å². The van der Waals surface area contributed by atoms with Crippen LogP contribution in [0.2, 0.25) is 5.02 Å². The number of amides is 4. The van der Waals surface area contributed by atoms with E-state index in [1.54, 1.807) is 41.3 Å². The molecule has 1 fully saturated rings. The highest BCUT2D eigenvalue weighted by Gasteiger charge is 2.49. The minimum atomic E-state index is -1.03. The Hall–Kier alpha value is -4.37. The van der Waals surface area contributed by atoms with Gasteiger partial charge in [-0.15, -0.1) is 0 Å². The van der Waals surface area contributed by atoms with Crippen LogP contribution >= 0.6 is 11.6 Å². The number of carbonyl (C=O) groups is 4. The van der Waals surface area contributed by atoms with Gasteiger partial charge in [-0.2, -0.15) is 0 Å². The van der Waals surface area contributed by atoms with E-state index >= 15 is 0 Å². The molecule has 3 aliphatic heterocycles. The molecular formula is C29H25ClN4O5. The van der Waals surface area contributed by atoms with Crippen LogP contribution in [-0.2, 0) is 28.1 Å². The fourth-order valence-electron chi connectivity index (χ4n) is 5.51. The van der Waals surface area contributed by atoms with Crippen LogP contribution < -0.4 is 16.0 Å². The summed E-state index contributed by atoms with van der Waals surface area (Å²) in [6.45, 7) is 0.890. The number of nitrogens with zero attached hydrogens (tertiary/aromatic N) is 1. The van der Waals surface area contributed by atoms with E-state index in [0.717, 1.165) is 11.1 Å². The highest BCUT2D eigenvalue weighted by atomic mass is 35.5. The smallest absolute Gasteiger partial charge is 0.412 e. The summed E-state index contributed by atoms with van der Waals surface area (Å²) in [4.78, 5) is 53.3. The number of carbonyl (C=O) groups excluding carboxylic acids is 4. The zero-order valence-corrected chi connectivity index (χ0v) is 21.6. The maximum absolute atomic E-state index is 13.9. The molecule has 0 radical (unpaired) electrons. The molecule has 10 heteroatoms. The lowest BCUT2D eigenvalue weighted by Gasteiger charge is -2.35. The molecule has 9 nitrogen and oxygen atoms in total. The lowest BCUT2D eigenvalue weighted by atomic mass is 9.90. The number of hydrogen-bond acceptors (Lipinski definition) is 5. The first-order valence-electron chi connectivity index (χ1n) is 12.7. The van der Waals surface area contributed by atoms with Gasteiger partial charge >= 0.3 is 6.09 Å². The van der Waals surface area contributed by atoms with Crippen LogP contribution in [0.3, 0.4) is 0 Å². The maximum atomic E-state index is 13.9. The molecule has 3 aliphatic rings. The predicted octanol–water partition coefficient (Wildman–Crippen LogP) is 3.61. The van der Waals surface area contributed by atoms with Gasteiger partial charge in [-0.25, -0.2) is 4.79 Å². The Bertz CT molecular complexity index is 1510. The number of likely N-dealkylation sites (tertiary alicyclic amines) is 1. The molecule has 3 N–H and O–H groups in total. The number of hydrogen-bond donors (Lipinski definition) is 3. The Kier molecular flexibility index (Phi) is 6.23. The number of ether oxygens (including phenoxy) is 1. The second-order valence-electron chi connectivity index (χ2n) is 9.98. The van der Waals surface area contributed by atoms with Crippen LogP contribution in [0.5, 0.6) is 0 Å². The third kappa shape index (κ3) is 4.70. The molecule has 0 saturated carbocycles. The van der Waals surface area contributed by atoms with Crippen LogP contribution in [0.4, 0.5) is 10.5 Å².